The predicted octanol–water partition coefficient (Wildman–Crippen LogP) is 1.71. The van der Waals surface area contributed by atoms with Crippen LogP contribution in [0.3, 0.4) is 0 Å². The van der Waals surface area contributed by atoms with Gasteiger partial charge in [0, 0.05) is 25.0 Å². The lowest BCUT2D eigenvalue weighted by Gasteiger charge is -2.16. The van der Waals surface area contributed by atoms with Gasteiger partial charge < -0.3 is 9.32 Å². The fourth-order valence-corrected chi connectivity index (χ4v) is 1.70. The van der Waals surface area contributed by atoms with E-state index in [2.05, 4.69) is 4.98 Å². The molecule has 0 saturated carbocycles. The van der Waals surface area contributed by atoms with Gasteiger partial charge in [0.15, 0.2) is 5.58 Å². The lowest BCUT2D eigenvalue weighted by atomic mass is 10.2. The molecule has 0 bridgehead atoms. The van der Waals surface area contributed by atoms with E-state index in [-0.39, 0.29) is 18.2 Å². The van der Waals surface area contributed by atoms with Gasteiger partial charge in [-0.15, -0.1) is 11.6 Å². The monoisotopic (exact) mass is 254 g/mol. The van der Waals surface area contributed by atoms with E-state index in [0.29, 0.717) is 16.8 Å². The minimum absolute atomic E-state index is 0.0785. The maximum absolute atomic E-state index is 11.6. The normalized spacial score (nSPS) is 10.7. The number of hydrogen-bond acceptors (Lipinski definition) is 3. The van der Waals surface area contributed by atoms with Crippen LogP contribution >= 0.6 is 11.6 Å². The van der Waals surface area contributed by atoms with Crippen molar-refractivity contribution in [1.82, 2.24) is 4.98 Å². The summed E-state index contributed by atoms with van der Waals surface area (Å²) in [4.78, 5) is 26.6. The predicted molar refractivity (Wildman–Crippen MR) is 65.6 cm³/mol. The zero-order valence-electron chi connectivity index (χ0n) is 9.20. The second-order valence-corrected chi connectivity index (χ2v) is 3.96. The summed E-state index contributed by atoms with van der Waals surface area (Å²) in [6, 6.07) is 5.05. The minimum Gasteiger partial charge on any atom is -0.408 e. The Morgan fingerprint density at radius 1 is 1.53 bits per heavy atom. The van der Waals surface area contributed by atoms with Crippen LogP contribution in [0.5, 0.6) is 0 Å². The van der Waals surface area contributed by atoms with Gasteiger partial charge in [-0.05, 0) is 18.2 Å². The van der Waals surface area contributed by atoms with Gasteiger partial charge >= 0.3 is 5.76 Å². The molecule has 17 heavy (non-hydrogen) atoms. The molecule has 0 fully saturated rings. The van der Waals surface area contributed by atoms with Crippen molar-refractivity contribution >= 4 is 34.3 Å². The highest BCUT2D eigenvalue weighted by Crippen LogP contribution is 2.19. The van der Waals surface area contributed by atoms with E-state index in [1.165, 1.54) is 4.90 Å². The maximum Gasteiger partial charge on any atom is 0.417 e. The molecular weight excluding hydrogens is 244 g/mol. The second kappa shape index (κ2) is 4.63. The van der Waals surface area contributed by atoms with Crippen molar-refractivity contribution in [3.05, 3.63) is 28.7 Å². The Hall–Kier alpha value is -1.75. The number of halogens is 1. The number of benzene rings is 1. The van der Waals surface area contributed by atoms with E-state index in [4.69, 9.17) is 16.0 Å². The number of carbonyl (C=O) groups is 1. The maximum atomic E-state index is 11.6. The second-order valence-electron chi connectivity index (χ2n) is 3.59. The summed E-state index contributed by atoms with van der Waals surface area (Å²) in [5.41, 5.74) is 1.72. The third-order valence-electron chi connectivity index (χ3n) is 2.47. The van der Waals surface area contributed by atoms with E-state index < -0.39 is 5.76 Å². The van der Waals surface area contributed by atoms with Gasteiger partial charge in [-0.1, -0.05) is 0 Å². The Balaban J connectivity index is 2.35. The molecule has 1 N–H and O–H groups in total. The number of hydrogen-bond donors (Lipinski definition) is 1. The number of amides is 1. The van der Waals surface area contributed by atoms with E-state index in [0.717, 1.165) is 0 Å². The molecule has 0 atom stereocenters. The van der Waals surface area contributed by atoms with Crippen molar-refractivity contribution in [3.63, 3.8) is 0 Å². The highest BCUT2D eigenvalue weighted by Gasteiger charge is 2.11. The van der Waals surface area contributed by atoms with Crippen LogP contribution in [0.1, 0.15) is 6.42 Å². The Morgan fingerprint density at radius 2 is 2.29 bits per heavy atom. The number of oxazole rings is 1. The van der Waals surface area contributed by atoms with Crippen LogP contribution in [0.15, 0.2) is 27.4 Å². The van der Waals surface area contributed by atoms with Crippen LogP contribution in [-0.2, 0) is 4.79 Å². The Labute approximate surface area is 102 Å². The number of H-pyrrole nitrogens is 1. The van der Waals surface area contributed by atoms with E-state index in [9.17, 15) is 9.59 Å². The van der Waals surface area contributed by atoms with Gasteiger partial charge in [0.05, 0.1) is 5.52 Å². The summed E-state index contributed by atoms with van der Waals surface area (Å²) in [7, 11) is 1.66. The molecule has 5 nitrogen and oxygen atoms in total. The molecule has 6 heteroatoms. The number of aromatic nitrogens is 1. The van der Waals surface area contributed by atoms with Crippen molar-refractivity contribution in [3.8, 4) is 0 Å². The SMILES string of the molecule is CN(C(=O)CCCl)c1ccc2oc(=O)[nH]c2c1. The molecule has 0 aliphatic heterocycles. The lowest BCUT2D eigenvalue weighted by Crippen LogP contribution is -2.26. The zero-order chi connectivity index (χ0) is 12.4. The van der Waals surface area contributed by atoms with Crippen molar-refractivity contribution in [1.29, 1.82) is 0 Å². The molecule has 0 unspecified atom stereocenters. The van der Waals surface area contributed by atoms with Crippen LogP contribution in [0, 0.1) is 0 Å². The third kappa shape index (κ3) is 2.34. The first-order valence-corrected chi connectivity index (χ1v) is 5.60. The molecular formula is C11H11ClN2O3. The average Bonchev–Trinajstić information content (AvgIpc) is 2.67. The molecule has 90 valence electrons. The van der Waals surface area contributed by atoms with Crippen LogP contribution in [0.25, 0.3) is 11.1 Å². The van der Waals surface area contributed by atoms with Crippen LogP contribution < -0.4 is 10.7 Å². The van der Waals surface area contributed by atoms with E-state index in [1.54, 1.807) is 25.2 Å². The molecule has 0 spiro atoms. The summed E-state index contributed by atoms with van der Waals surface area (Å²) >= 11 is 5.52. The minimum atomic E-state index is -0.508. The fourth-order valence-electron chi connectivity index (χ4n) is 1.54. The number of nitrogens with zero attached hydrogens (tertiary/aromatic N) is 1. The Morgan fingerprint density at radius 3 is 3.00 bits per heavy atom. The summed E-state index contributed by atoms with van der Waals surface area (Å²) in [5.74, 6) is -0.300. The first kappa shape index (κ1) is 11.7. The fraction of sp³-hybridized carbons (Fsp3) is 0.273. The van der Waals surface area contributed by atoms with Gasteiger partial charge in [0.2, 0.25) is 5.91 Å². The van der Waals surface area contributed by atoms with Gasteiger partial charge in [0.25, 0.3) is 0 Å². The largest absolute Gasteiger partial charge is 0.417 e. The smallest absolute Gasteiger partial charge is 0.408 e. The van der Waals surface area contributed by atoms with Crippen LogP contribution in [-0.4, -0.2) is 23.8 Å². The quantitative estimate of drug-likeness (QED) is 0.848. The standard InChI is InChI=1S/C11H11ClN2O3/c1-14(10(15)4-5-12)7-2-3-9-8(6-7)13-11(16)17-9/h2-3,6H,4-5H2,1H3,(H,13,16). The topological polar surface area (TPSA) is 66.3 Å². The number of nitrogens with one attached hydrogen (secondary N) is 1. The first-order chi connectivity index (χ1) is 8.11. The molecule has 0 saturated heterocycles. The molecule has 1 aromatic heterocycles. The molecule has 1 aromatic carbocycles. The number of fused-ring (bicyclic) bond motifs is 1. The molecule has 0 radical (unpaired) electrons. The van der Waals surface area contributed by atoms with Crippen LogP contribution in [0.4, 0.5) is 5.69 Å². The summed E-state index contributed by atoms with van der Waals surface area (Å²) in [6.45, 7) is 0. The average molecular weight is 255 g/mol. The number of aromatic amines is 1. The van der Waals surface area contributed by atoms with Gasteiger partial charge in [-0.25, -0.2) is 4.79 Å². The van der Waals surface area contributed by atoms with E-state index in [1.807, 2.05) is 0 Å². The molecule has 1 amide bonds. The highest BCUT2D eigenvalue weighted by molar-refractivity contribution is 6.19. The summed E-state index contributed by atoms with van der Waals surface area (Å²) < 4.78 is 4.87. The number of anilines is 1. The van der Waals surface area contributed by atoms with Crippen molar-refractivity contribution in [2.24, 2.45) is 0 Å². The molecule has 0 aliphatic carbocycles. The number of rotatable bonds is 3. The van der Waals surface area contributed by atoms with Gasteiger partial charge in [0.1, 0.15) is 0 Å². The van der Waals surface area contributed by atoms with Crippen molar-refractivity contribution in [2.75, 3.05) is 17.8 Å². The van der Waals surface area contributed by atoms with Crippen molar-refractivity contribution < 1.29 is 9.21 Å². The van der Waals surface area contributed by atoms with E-state index >= 15 is 0 Å². The van der Waals surface area contributed by atoms with Crippen molar-refractivity contribution in [2.45, 2.75) is 6.42 Å². The Kier molecular flexibility index (Phi) is 3.19. The van der Waals surface area contributed by atoms with Gasteiger partial charge in [-0.3, -0.25) is 9.78 Å². The summed E-state index contributed by atoms with van der Waals surface area (Å²) in [6.07, 6.45) is 0.276. The number of carbonyl (C=O) groups excluding carboxylic acids is 1. The highest BCUT2D eigenvalue weighted by atomic mass is 35.5. The third-order valence-corrected chi connectivity index (χ3v) is 2.66. The lowest BCUT2D eigenvalue weighted by molar-refractivity contribution is -0.117. The van der Waals surface area contributed by atoms with Crippen LogP contribution in [0.2, 0.25) is 0 Å². The molecule has 2 rings (SSSR count). The molecule has 0 aliphatic rings. The summed E-state index contributed by atoms with van der Waals surface area (Å²) in [5, 5.41) is 0. The Bertz CT molecular complexity index is 602. The number of alkyl halides is 1. The molecule has 2 aromatic rings. The first-order valence-electron chi connectivity index (χ1n) is 5.07. The molecule has 1 heterocycles. The zero-order valence-corrected chi connectivity index (χ0v) is 9.95. The van der Waals surface area contributed by atoms with Gasteiger partial charge in [-0.2, -0.15) is 0 Å².